The maximum atomic E-state index is 12.6. The largest absolute Gasteiger partial charge is 0.339 e. The monoisotopic (exact) mass is 307 g/mol. The number of carbonyl (C=O) groups is 1. The molecule has 18 heavy (non-hydrogen) atoms. The third-order valence-electron chi connectivity index (χ3n) is 4.00. The minimum absolute atomic E-state index is 0.182. The van der Waals surface area contributed by atoms with Crippen molar-refractivity contribution in [2.24, 2.45) is 5.92 Å². The molecule has 0 spiro atoms. The van der Waals surface area contributed by atoms with Crippen LogP contribution < -0.4 is 0 Å². The van der Waals surface area contributed by atoms with Crippen LogP contribution in [0.1, 0.15) is 24.0 Å². The van der Waals surface area contributed by atoms with Crippen LogP contribution in [0.3, 0.4) is 0 Å². The molecule has 2 aliphatic carbocycles. The fraction of sp³-hybridized carbons (Fsp3) is 0.533. The van der Waals surface area contributed by atoms with Crippen molar-refractivity contribution >= 4 is 21.8 Å². The third-order valence-corrected chi connectivity index (χ3v) is 4.35. The minimum atomic E-state index is 0.182. The van der Waals surface area contributed by atoms with E-state index < -0.39 is 0 Å². The van der Waals surface area contributed by atoms with Crippen LogP contribution in [-0.2, 0) is 17.6 Å². The van der Waals surface area contributed by atoms with Crippen molar-refractivity contribution in [2.75, 3.05) is 11.9 Å². The fourth-order valence-electron chi connectivity index (χ4n) is 2.92. The molecule has 0 aliphatic heterocycles. The molecule has 0 unspecified atom stereocenters. The van der Waals surface area contributed by atoms with Crippen molar-refractivity contribution in [1.29, 1.82) is 0 Å². The topological polar surface area (TPSA) is 20.3 Å². The zero-order valence-corrected chi connectivity index (χ0v) is 12.0. The molecular weight excluding hydrogens is 290 g/mol. The quantitative estimate of drug-likeness (QED) is 0.783. The van der Waals surface area contributed by atoms with Gasteiger partial charge in [-0.1, -0.05) is 40.2 Å². The van der Waals surface area contributed by atoms with Gasteiger partial charge in [-0.25, -0.2) is 0 Å². The van der Waals surface area contributed by atoms with Crippen molar-refractivity contribution in [3.05, 3.63) is 35.4 Å². The van der Waals surface area contributed by atoms with Gasteiger partial charge in [0.25, 0.3) is 0 Å². The van der Waals surface area contributed by atoms with E-state index in [2.05, 4.69) is 45.1 Å². The van der Waals surface area contributed by atoms with E-state index in [0.717, 1.165) is 24.7 Å². The highest BCUT2D eigenvalue weighted by Gasteiger charge is 2.37. The Bertz CT molecular complexity index is 431. The lowest BCUT2D eigenvalue weighted by molar-refractivity contribution is -0.135. The Balaban J connectivity index is 1.71. The predicted molar refractivity (Wildman–Crippen MR) is 75.9 cm³/mol. The highest BCUT2D eigenvalue weighted by molar-refractivity contribution is 9.09. The van der Waals surface area contributed by atoms with E-state index in [1.807, 2.05) is 0 Å². The molecule has 1 aromatic rings. The van der Waals surface area contributed by atoms with Gasteiger partial charge in [-0.05, 0) is 36.8 Å². The fourth-order valence-corrected chi connectivity index (χ4v) is 3.30. The van der Waals surface area contributed by atoms with Crippen molar-refractivity contribution in [2.45, 2.75) is 31.7 Å². The molecule has 1 saturated carbocycles. The molecule has 96 valence electrons. The Morgan fingerprint density at radius 2 is 1.83 bits per heavy atom. The van der Waals surface area contributed by atoms with Crippen molar-refractivity contribution in [3.8, 4) is 0 Å². The molecule has 0 saturated heterocycles. The first-order chi connectivity index (χ1) is 8.79. The number of hydrogen-bond donors (Lipinski definition) is 0. The summed E-state index contributed by atoms with van der Waals surface area (Å²) in [5, 5.41) is 0.884. The molecule has 1 aromatic carbocycles. The smallest absolute Gasteiger partial charge is 0.226 e. The first-order valence-electron chi connectivity index (χ1n) is 6.73. The van der Waals surface area contributed by atoms with Crippen LogP contribution in [0.25, 0.3) is 0 Å². The van der Waals surface area contributed by atoms with Crippen LogP contribution in [0.5, 0.6) is 0 Å². The molecule has 0 bridgehead atoms. The number of amides is 1. The van der Waals surface area contributed by atoms with E-state index in [1.165, 1.54) is 24.0 Å². The van der Waals surface area contributed by atoms with Gasteiger partial charge < -0.3 is 4.90 Å². The van der Waals surface area contributed by atoms with E-state index in [0.29, 0.717) is 11.9 Å². The van der Waals surface area contributed by atoms with Gasteiger partial charge in [-0.3, -0.25) is 4.79 Å². The summed E-state index contributed by atoms with van der Waals surface area (Å²) in [6.07, 6.45) is 4.25. The van der Waals surface area contributed by atoms with Gasteiger partial charge in [-0.2, -0.15) is 0 Å². The second-order valence-corrected chi connectivity index (χ2v) is 6.12. The summed E-state index contributed by atoms with van der Waals surface area (Å²) in [6, 6.07) is 8.99. The first-order valence-corrected chi connectivity index (χ1v) is 7.85. The maximum Gasteiger partial charge on any atom is 0.226 e. The summed E-state index contributed by atoms with van der Waals surface area (Å²) < 4.78 is 0. The van der Waals surface area contributed by atoms with Gasteiger partial charge in [0.1, 0.15) is 0 Å². The molecule has 3 rings (SSSR count). The predicted octanol–water partition coefficient (Wildman–Crippen LogP) is 2.79. The highest BCUT2D eigenvalue weighted by Crippen LogP contribution is 2.32. The average Bonchev–Trinajstić information content (AvgIpc) is 3.13. The minimum Gasteiger partial charge on any atom is -0.339 e. The van der Waals surface area contributed by atoms with Crippen molar-refractivity contribution in [1.82, 2.24) is 4.90 Å². The van der Waals surface area contributed by atoms with Crippen LogP contribution >= 0.6 is 15.9 Å². The third kappa shape index (κ3) is 2.33. The number of hydrogen-bond acceptors (Lipinski definition) is 1. The van der Waals surface area contributed by atoms with Gasteiger partial charge >= 0.3 is 0 Å². The Morgan fingerprint density at radius 3 is 2.33 bits per heavy atom. The highest BCUT2D eigenvalue weighted by atomic mass is 79.9. The van der Waals surface area contributed by atoms with Crippen LogP contribution in [0.15, 0.2) is 24.3 Å². The average molecular weight is 308 g/mol. The molecule has 0 atom stereocenters. The second kappa shape index (κ2) is 5.04. The van der Waals surface area contributed by atoms with Crippen molar-refractivity contribution in [3.63, 3.8) is 0 Å². The Morgan fingerprint density at radius 1 is 1.22 bits per heavy atom. The number of fused-ring (bicyclic) bond motifs is 1. The summed E-state index contributed by atoms with van der Waals surface area (Å²) in [5.74, 6) is 0.551. The Hall–Kier alpha value is -0.830. The van der Waals surface area contributed by atoms with E-state index in [9.17, 15) is 4.79 Å². The van der Waals surface area contributed by atoms with Crippen LogP contribution in [0, 0.1) is 5.92 Å². The standard InChI is InChI=1S/C15H18BrNO/c16-7-8-17(14-5-6-14)15(18)13-9-11-3-1-2-4-12(11)10-13/h1-4,13-14H,5-10H2. The summed E-state index contributed by atoms with van der Waals surface area (Å²) >= 11 is 3.46. The zero-order chi connectivity index (χ0) is 12.5. The first kappa shape index (κ1) is 12.2. The van der Waals surface area contributed by atoms with Gasteiger partial charge in [0.15, 0.2) is 0 Å². The van der Waals surface area contributed by atoms with Gasteiger partial charge in [-0.15, -0.1) is 0 Å². The van der Waals surface area contributed by atoms with E-state index in [-0.39, 0.29) is 5.92 Å². The summed E-state index contributed by atoms with van der Waals surface area (Å²) in [6.45, 7) is 0.857. The number of carbonyl (C=O) groups excluding carboxylic acids is 1. The number of nitrogens with zero attached hydrogens (tertiary/aromatic N) is 1. The zero-order valence-electron chi connectivity index (χ0n) is 10.4. The maximum absolute atomic E-state index is 12.6. The van der Waals surface area contributed by atoms with Crippen molar-refractivity contribution < 1.29 is 4.79 Å². The lowest BCUT2D eigenvalue weighted by Crippen LogP contribution is -2.39. The van der Waals surface area contributed by atoms with Crippen LogP contribution in [0.4, 0.5) is 0 Å². The van der Waals surface area contributed by atoms with E-state index in [1.54, 1.807) is 0 Å². The molecule has 0 heterocycles. The van der Waals surface area contributed by atoms with Gasteiger partial charge in [0.2, 0.25) is 5.91 Å². The lowest BCUT2D eigenvalue weighted by Gasteiger charge is -2.24. The molecule has 3 heteroatoms. The molecule has 0 radical (unpaired) electrons. The Labute approximate surface area is 116 Å². The normalized spacial score (nSPS) is 18.7. The van der Waals surface area contributed by atoms with E-state index in [4.69, 9.17) is 0 Å². The van der Waals surface area contributed by atoms with Crippen LogP contribution in [0.2, 0.25) is 0 Å². The summed E-state index contributed by atoms with van der Waals surface area (Å²) in [5.41, 5.74) is 2.73. The molecule has 1 fully saturated rings. The molecule has 1 amide bonds. The molecular formula is C15H18BrNO. The molecule has 0 aromatic heterocycles. The molecule has 2 aliphatic rings. The van der Waals surface area contributed by atoms with Gasteiger partial charge in [0, 0.05) is 23.8 Å². The molecule has 0 N–H and O–H groups in total. The van der Waals surface area contributed by atoms with Crippen LogP contribution in [-0.4, -0.2) is 28.7 Å². The second-order valence-electron chi connectivity index (χ2n) is 5.33. The number of rotatable bonds is 4. The van der Waals surface area contributed by atoms with Gasteiger partial charge in [0.05, 0.1) is 0 Å². The number of benzene rings is 1. The molecule has 2 nitrogen and oxygen atoms in total. The summed E-state index contributed by atoms with van der Waals surface area (Å²) in [7, 11) is 0. The Kier molecular flexibility index (Phi) is 3.42. The lowest BCUT2D eigenvalue weighted by atomic mass is 10.0. The number of halogens is 1. The van der Waals surface area contributed by atoms with E-state index >= 15 is 0 Å². The number of alkyl halides is 1. The summed E-state index contributed by atoms with van der Waals surface area (Å²) in [4.78, 5) is 14.7. The SMILES string of the molecule is O=C(C1Cc2ccccc2C1)N(CCBr)C1CC1.